The number of hydrogen-bond donors (Lipinski definition) is 2. The normalized spacial score (nSPS) is 10.2. The minimum Gasteiger partial charge on any atom is -0.478 e. The van der Waals surface area contributed by atoms with Crippen molar-refractivity contribution in [2.24, 2.45) is 0 Å². The van der Waals surface area contributed by atoms with E-state index < -0.39 is 17.7 Å². The molecule has 0 fully saturated rings. The minimum atomic E-state index is -1.03. The van der Waals surface area contributed by atoms with Gasteiger partial charge in [-0.05, 0) is 36.2 Å². The molecule has 0 unspecified atom stereocenters. The lowest BCUT2D eigenvalue weighted by Gasteiger charge is -2.08. The van der Waals surface area contributed by atoms with Crippen LogP contribution in [0.15, 0.2) is 42.5 Å². The minimum absolute atomic E-state index is 0.0237. The average molecular weight is 287 g/mol. The molecule has 2 N–H and O–H groups in total. The van der Waals surface area contributed by atoms with Gasteiger partial charge in [0, 0.05) is 6.54 Å². The van der Waals surface area contributed by atoms with Gasteiger partial charge in [-0.15, -0.1) is 0 Å². The maximum atomic E-state index is 13.8. The molecule has 1 amide bonds. The highest BCUT2D eigenvalue weighted by Gasteiger charge is 2.13. The number of carbonyl (C=O) groups is 2. The fourth-order valence-corrected chi connectivity index (χ4v) is 1.91. The number of rotatable bonds is 4. The molecule has 0 aromatic heterocycles. The molecular formula is C16H14FNO3. The van der Waals surface area contributed by atoms with Crippen molar-refractivity contribution in [3.05, 3.63) is 70.5 Å². The number of benzene rings is 2. The molecule has 4 nitrogen and oxygen atoms in total. The van der Waals surface area contributed by atoms with Crippen LogP contribution in [0.5, 0.6) is 0 Å². The third-order valence-electron chi connectivity index (χ3n) is 3.06. The van der Waals surface area contributed by atoms with Crippen molar-refractivity contribution >= 4 is 11.9 Å². The maximum absolute atomic E-state index is 13.8. The number of halogens is 1. The first-order valence-corrected chi connectivity index (χ1v) is 6.34. The quantitative estimate of drug-likeness (QED) is 0.908. The van der Waals surface area contributed by atoms with Crippen LogP contribution >= 0.6 is 0 Å². The van der Waals surface area contributed by atoms with Crippen LogP contribution in [0.25, 0.3) is 0 Å². The highest BCUT2D eigenvalue weighted by Crippen LogP contribution is 2.12. The van der Waals surface area contributed by atoms with Crippen LogP contribution in [0, 0.1) is 12.7 Å². The van der Waals surface area contributed by atoms with Crippen LogP contribution in [0.2, 0.25) is 0 Å². The predicted octanol–water partition coefficient (Wildman–Crippen LogP) is 2.76. The van der Waals surface area contributed by atoms with E-state index >= 15 is 0 Å². The zero-order valence-electron chi connectivity index (χ0n) is 11.4. The third-order valence-corrected chi connectivity index (χ3v) is 3.06. The second-order valence-electron chi connectivity index (χ2n) is 4.62. The van der Waals surface area contributed by atoms with Crippen molar-refractivity contribution in [1.82, 2.24) is 5.32 Å². The van der Waals surface area contributed by atoms with E-state index in [1.165, 1.54) is 18.2 Å². The number of nitrogens with one attached hydrogen (secondary N) is 1. The largest absolute Gasteiger partial charge is 0.478 e. The summed E-state index contributed by atoms with van der Waals surface area (Å²) in [6.45, 7) is 1.72. The van der Waals surface area contributed by atoms with Crippen molar-refractivity contribution in [1.29, 1.82) is 0 Å². The molecule has 21 heavy (non-hydrogen) atoms. The van der Waals surface area contributed by atoms with Gasteiger partial charge in [-0.3, -0.25) is 4.79 Å². The molecule has 0 radical (unpaired) electrons. The molecule has 2 aromatic carbocycles. The zero-order chi connectivity index (χ0) is 15.4. The molecule has 0 heterocycles. The van der Waals surface area contributed by atoms with Gasteiger partial charge in [0.1, 0.15) is 5.82 Å². The van der Waals surface area contributed by atoms with Crippen LogP contribution in [0.3, 0.4) is 0 Å². The fourth-order valence-electron chi connectivity index (χ4n) is 1.91. The molecule has 0 bridgehead atoms. The highest BCUT2D eigenvalue weighted by atomic mass is 19.1. The first-order chi connectivity index (χ1) is 9.99. The first kappa shape index (κ1) is 14.7. The van der Waals surface area contributed by atoms with E-state index in [0.29, 0.717) is 11.1 Å². The Morgan fingerprint density at radius 2 is 1.90 bits per heavy atom. The van der Waals surface area contributed by atoms with Gasteiger partial charge in [-0.1, -0.05) is 24.3 Å². The lowest BCUT2D eigenvalue weighted by molar-refractivity contribution is 0.0696. The summed E-state index contributed by atoms with van der Waals surface area (Å²) in [5.41, 5.74) is 1.15. The number of aromatic carboxylic acids is 1. The molecule has 0 aliphatic carbocycles. The van der Waals surface area contributed by atoms with Crippen LogP contribution in [0.4, 0.5) is 4.39 Å². The second kappa shape index (κ2) is 6.17. The van der Waals surface area contributed by atoms with Crippen LogP contribution < -0.4 is 5.32 Å². The van der Waals surface area contributed by atoms with E-state index in [2.05, 4.69) is 5.32 Å². The van der Waals surface area contributed by atoms with E-state index in [4.69, 9.17) is 5.11 Å². The van der Waals surface area contributed by atoms with E-state index in [-0.39, 0.29) is 17.7 Å². The molecule has 5 heteroatoms. The van der Waals surface area contributed by atoms with E-state index in [1.807, 2.05) is 0 Å². The molecule has 0 spiro atoms. The van der Waals surface area contributed by atoms with Crippen molar-refractivity contribution < 1.29 is 19.1 Å². The Labute approximate surface area is 121 Å². The van der Waals surface area contributed by atoms with Gasteiger partial charge in [0.25, 0.3) is 5.91 Å². The van der Waals surface area contributed by atoms with Gasteiger partial charge in [0.2, 0.25) is 0 Å². The average Bonchev–Trinajstić information content (AvgIpc) is 2.48. The highest BCUT2D eigenvalue weighted by molar-refractivity contribution is 5.94. The van der Waals surface area contributed by atoms with E-state index in [0.717, 1.165) is 0 Å². The predicted molar refractivity (Wildman–Crippen MR) is 75.7 cm³/mol. The van der Waals surface area contributed by atoms with Gasteiger partial charge in [0.15, 0.2) is 0 Å². The van der Waals surface area contributed by atoms with Gasteiger partial charge < -0.3 is 10.4 Å². The van der Waals surface area contributed by atoms with E-state index in [1.54, 1.807) is 31.2 Å². The molecule has 108 valence electrons. The first-order valence-electron chi connectivity index (χ1n) is 6.34. The van der Waals surface area contributed by atoms with Gasteiger partial charge in [-0.25, -0.2) is 9.18 Å². The summed E-state index contributed by atoms with van der Waals surface area (Å²) in [7, 11) is 0. The summed E-state index contributed by atoms with van der Waals surface area (Å²) in [5, 5.41) is 11.5. The van der Waals surface area contributed by atoms with Crippen LogP contribution in [-0.2, 0) is 6.54 Å². The number of aryl methyl sites for hydroxylation is 1. The maximum Gasteiger partial charge on any atom is 0.335 e. The monoisotopic (exact) mass is 287 g/mol. The fraction of sp³-hybridized carbons (Fsp3) is 0.125. The lowest BCUT2D eigenvalue weighted by Crippen LogP contribution is -2.24. The molecule has 0 saturated heterocycles. The Kier molecular flexibility index (Phi) is 4.33. The summed E-state index contributed by atoms with van der Waals surface area (Å²) in [4.78, 5) is 22.8. The summed E-state index contributed by atoms with van der Waals surface area (Å²) < 4.78 is 13.8. The number of carbonyl (C=O) groups excluding carboxylic acids is 1. The zero-order valence-corrected chi connectivity index (χ0v) is 11.4. The molecule has 0 aliphatic rings. The van der Waals surface area contributed by atoms with Gasteiger partial charge in [0.05, 0.1) is 11.1 Å². The number of hydrogen-bond acceptors (Lipinski definition) is 2. The van der Waals surface area contributed by atoms with Gasteiger partial charge in [-0.2, -0.15) is 0 Å². The SMILES string of the molecule is Cc1cccc(C(=O)NCc2cccc(C(=O)O)c2)c1F. The Morgan fingerprint density at radius 1 is 1.19 bits per heavy atom. The molecule has 0 aliphatic heterocycles. The smallest absolute Gasteiger partial charge is 0.335 e. The summed E-state index contributed by atoms with van der Waals surface area (Å²) in [5.74, 6) is -2.11. The van der Waals surface area contributed by atoms with Crippen molar-refractivity contribution in [2.75, 3.05) is 0 Å². The molecule has 0 atom stereocenters. The third kappa shape index (κ3) is 3.45. The molecular weight excluding hydrogens is 273 g/mol. The standard InChI is InChI=1S/C16H14FNO3/c1-10-4-2-7-13(14(10)17)15(19)18-9-11-5-3-6-12(8-11)16(20)21/h2-8H,9H2,1H3,(H,18,19)(H,20,21). The Morgan fingerprint density at radius 3 is 2.62 bits per heavy atom. The van der Waals surface area contributed by atoms with Crippen molar-refractivity contribution in [3.63, 3.8) is 0 Å². The Balaban J connectivity index is 2.09. The second-order valence-corrected chi connectivity index (χ2v) is 4.62. The number of carboxylic acid groups (broad SMARTS) is 1. The molecule has 2 rings (SSSR count). The molecule has 2 aromatic rings. The lowest BCUT2D eigenvalue weighted by atomic mass is 10.1. The number of carboxylic acids is 1. The molecule has 0 saturated carbocycles. The van der Waals surface area contributed by atoms with Gasteiger partial charge >= 0.3 is 5.97 Å². The number of amides is 1. The summed E-state index contributed by atoms with van der Waals surface area (Å²) >= 11 is 0. The summed E-state index contributed by atoms with van der Waals surface area (Å²) in [6.07, 6.45) is 0. The van der Waals surface area contributed by atoms with Crippen LogP contribution in [-0.4, -0.2) is 17.0 Å². The van der Waals surface area contributed by atoms with Crippen molar-refractivity contribution in [2.45, 2.75) is 13.5 Å². The van der Waals surface area contributed by atoms with E-state index in [9.17, 15) is 14.0 Å². The topological polar surface area (TPSA) is 66.4 Å². The Bertz CT molecular complexity index is 698. The summed E-state index contributed by atoms with van der Waals surface area (Å²) in [6, 6.07) is 10.8. The Hall–Kier alpha value is -2.69. The van der Waals surface area contributed by atoms with Crippen molar-refractivity contribution in [3.8, 4) is 0 Å². The van der Waals surface area contributed by atoms with Crippen LogP contribution in [0.1, 0.15) is 31.8 Å².